The van der Waals surface area contributed by atoms with Crippen molar-refractivity contribution in [1.29, 1.82) is 5.26 Å². The Morgan fingerprint density at radius 3 is 3.07 bits per heavy atom. The molecule has 0 bridgehead atoms. The van der Waals surface area contributed by atoms with Gasteiger partial charge < -0.3 is 4.98 Å². The summed E-state index contributed by atoms with van der Waals surface area (Å²) in [5.74, 6) is 0. The third-order valence-corrected chi connectivity index (χ3v) is 2.52. The highest BCUT2D eigenvalue weighted by atomic mass is 14.7. The molecular weight excluding hydrogens is 172 g/mol. The Kier molecular flexibility index (Phi) is 2.24. The molecule has 1 heterocycles. The molecule has 14 heavy (non-hydrogen) atoms. The molecule has 70 valence electrons. The fraction of sp³-hybridized carbons (Fsp3) is 0.250. The first-order valence-electron chi connectivity index (χ1n) is 4.75. The summed E-state index contributed by atoms with van der Waals surface area (Å²) in [6, 6.07) is 8.42. The molecule has 0 radical (unpaired) electrons. The van der Waals surface area contributed by atoms with Crippen LogP contribution in [0.5, 0.6) is 0 Å². The fourth-order valence-electron chi connectivity index (χ4n) is 1.76. The Balaban J connectivity index is 2.48. The number of nitrogens with one attached hydrogen (secondary N) is 1. The molecule has 0 atom stereocenters. The molecule has 0 amide bonds. The van der Waals surface area contributed by atoms with E-state index in [9.17, 15) is 0 Å². The van der Waals surface area contributed by atoms with Gasteiger partial charge in [0.15, 0.2) is 0 Å². The van der Waals surface area contributed by atoms with E-state index in [4.69, 9.17) is 5.26 Å². The van der Waals surface area contributed by atoms with Crippen molar-refractivity contribution in [2.45, 2.75) is 19.8 Å². The minimum atomic E-state index is 0.584. The standard InChI is InChI=1S/C12H12N2/c1-9-4-2-6-11-10(5-3-7-13)8-14-12(9)11/h2,4,6,8,14H,3,5H2,1H3. The predicted octanol–water partition coefficient (Wildman–Crippen LogP) is 2.93. The average molecular weight is 184 g/mol. The normalized spacial score (nSPS) is 10.3. The van der Waals surface area contributed by atoms with Gasteiger partial charge in [-0.3, -0.25) is 0 Å². The number of hydrogen-bond acceptors (Lipinski definition) is 1. The molecule has 2 heteroatoms. The van der Waals surface area contributed by atoms with Crippen LogP contribution in [0.2, 0.25) is 0 Å². The van der Waals surface area contributed by atoms with Crippen molar-refractivity contribution < 1.29 is 0 Å². The summed E-state index contributed by atoms with van der Waals surface area (Å²) in [7, 11) is 0. The van der Waals surface area contributed by atoms with Crippen LogP contribution in [0, 0.1) is 18.3 Å². The van der Waals surface area contributed by atoms with Gasteiger partial charge in [0.25, 0.3) is 0 Å². The van der Waals surface area contributed by atoms with Crippen molar-refractivity contribution in [3.8, 4) is 6.07 Å². The maximum absolute atomic E-state index is 8.53. The van der Waals surface area contributed by atoms with E-state index in [0.29, 0.717) is 6.42 Å². The number of aryl methyl sites for hydroxylation is 2. The van der Waals surface area contributed by atoms with Crippen molar-refractivity contribution in [3.63, 3.8) is 0 Å². The highest BCUT2D eigenvalue weighted by molar-refractivity contribution is 5.85. The SMILES string of the molecule is Cc1cccc2c(CCC#N)c[nH]c12. The number of fused-ring (bicyclic) bond motifs is 1. The molecule has 2 rings (SSSR count). The lowest BCUT2D eigenvalue weighted by atomic mass is 10.1. The number of nitrogens with zero attached hydrogens (tertiary/aromatic N) is 1. The minimum absolute atomic E-state index is 0.584. The van der Waals surface area contributed by atoms with Crippen molar-refractivity contribution in [3.05, 3.63) is 35.5 Å². The second-order valence-corrected chi connectivity index (χ2v) is 3.47. The average Bonchev–Trinajstić information content (AvgIpc) is 2.60. The maximum atomic E-state index is 8.53. The van der Waals surface area contributed by atoms with Crippen LogP contribution < -0.4 is 0 Å². The molecule has 0 aliphatic rings. The van der Waals surface area contributed by atoms with Crippen LogP contribution in [0.3, 0.4) is 0 Å². The van der Waals surface area contributed by atoms with Crippen LogP contribution in [0.25, 0.3) is 10.9 Å². The van der Waals surface area contributed by atoms with E-state index in [2.05, 4.69) is 36.2 Å². The Labute approximate surface area is 83.2 Å². The van der Waals surface area contributed by atoms with Crippen molar-refractivity contribution in [1.82, 2.24) is 4.98 Å². The van der Waals surface area contributed by atoms with Gasteiger partial charge in [0.2, 0.25) is 0 Å². The number of H-pyrrole nitrogens is 1. The van der Waals surface area contributed by atoms with E-state index in [0.717, 1.165) is 6.42 Å². The first-order chi connectivity index (χ1) is 6.83. The highest BCUT2D eigenvalue weighted by Gasteiger charge is 2.03. The zero-order valence-corrected chi connectivity index (χ0v) is 8.17. The molecule has 0 saturated carbocycles. The second kappa shape index (κ2) is 3.55. The molecule has 0 unspecified atom stereocenters. The maximum Gasteiger partial charge on any atom is 0.0625 e. The summed E-state index contributed by atoms with van der Waals surface area (Å²) in [6.07, 6.45) is 3.43. The monoisotopic (exact) mass is 184 g/mol. The van der Waals surface area contributed by atoms with Gasteiger partial charge in [0.05, 0.1) is 6.07 Å². The quantitative estimate of drug-likeness (QED) is 0.765. The highest BCUT2D eigenvalue weighted by Crippen LogP contribution is 2.21. The van der Waals surface area contributed by atoms with Crippen molar-refractivity contribution in [2.24, 2.45) is 0 Å². The minimum Gasteiger partial charge on any atom is -0.361 e. The largest absolute Gasteiger partial charge is 0.361 e. The first kappa shape index (κ1) is 8.83. The van der Waals surface area contributed by atoms with Gasteiger partial charge >= 0.3 is 0 Å². The number of para-hydroxylation sites is 1. The van der Waals surface area contributed by atoms with E-state index in [1.165, 1.54) is 22.0 Å². The smallest absolute Gasteiger partial charge is 0.0625 e. The number of hydrogen-bond donors (Lipinski definition) is 1. The summed E-state index contributed by atoms with van der Waals surface area (Å²) < 4.78 is 0. The number of aromatic nitrogens is 1. The molecule has 0 spiro atoms. The molecule has 2 nitrogen and oxygen atoms in total. The lowest BCUT2D eigenvalue weighted by Gasteiger charge is -1.96. The molecule has 0 fully saturated rings. The van der Waals surface area contributed by atoms with Crippen LogP contribution in [0.1, 0.15) is 17.5 Å². The Hall–Kier alpha value is -1.75. The topological polar surface area (TPSA) is 39.6 Å². The van der Waals surface area contributed by atoms with Crippen LogP contribution >= 0.6 is 0 Å². The number of rotatable bonds is 2. The van der Waals surface area contributed by atoms with Crippen LogP contribution in [0.4, 0.5) is 0 Å². The third kappa shape index (κ3) is 1.38. The van der Waals surface area contributed by atoms with Crippen LogP contribution in [-0.4, -0.2) is 4.98 Å². The summed E-state index contributed by atoms with van der Waals surface area (Å²) in [5, 5.41) is 9.78. The zero-order chi connectivity index (χ0) is 9.97. The van der Waals surface area contributed by atoms with E-state index >= 15 is 0 Å². The third-order valence-electron chi connectivity index (χ3n) is 2.52. The molecular formula is C12H12N2. The molecule has 0 saturated heterocycles. The van der Waals surface area contributed by atoms with Crippen LogP contribution in [0.15, 0.2) is 24.4 Å². The molecule has 1 aromatic heterocycles. The van der Waals surface area contributed by atoms with E-state index < -0.39 is 0 Å². The predicted molar refractivity (Wildman–Crippen MR) is 57.0 cm³/mol. The zero-order valence-electron chi connectivity index (χ0n) is 8.17. The van der Waals surface area contributed by atoms with Gasteiger partial charge in [0.1, 0.15) is 0 Å². The lowest BCUT2D eigenvalue weighted by molar-refractivity contribution is 1.02. The van der Waals surface area contributed by atoms with E-state index in [1.54, 1.807) is 0 Å². The van der Waals surface area contributed by atoms with Gasteiger partial charge in [-0.2, -0.15) is 5.26 Å². The summed E-state index contributed by atoms with van der Waals surface area (Å²) in [4.78, 5) is 3.26. The van der Waals surface area contributed by atoms with Gasteiger partial charge in [-0.25, -0.2) is 0 Å². The molecule has 0 aliphatic carbocycles. The van der Waals surface area contributed by atoms with Gasteiger partial charge in [-0.1, -0.05) is 18.2 Å². The second-order valence-electron chi connectivity index (χ2n) is 3.47. The van der Waals surface area contributed by atoms with Gasteiger partial charge in [-0.15, -0.1) is 0 Å². The Bertz CT molecular complexity index is 488. The number of aromatic amines is 1. The van der Waals surface area contributed by atoms with Gasteiger partial charge in [0, 0.05) is 23.5 Å². The Morgan fingerprint density at radius 1 is 1.43 bits per heavy atom. The fourth-order valence-corrected chi connectivity index (χ4v) is 1.76. The van der Waals surface area contributed by atoms with Crippen molar-refractivity contribution >= 4 is 10.9 Å². The summed E-state index contributed by atoms with van der Waals surface area (Å²) in [5.41, 5.74) is 3.69. The summed E-state index contributed by atoms with van der Waals surface area (Å²) >= 11 is 0. The summed E-state index contributed by atoms with van der Waals surface area (Å²) in [6.45, 7) is 2.09. The molecule has 0 aliphatic heterocycles. The first-order valence-corrected chi connectivity index (χ1v) is 4.75. The molecule has 1 N–H and O–H groups in total. The van der Waals surface area contributed by atoms with Gasteiger partial charge in [-0.05, 0) is 24.5 Å². The van der Waals surface area contributed by atoms with Crippen molar-refractivity contribution in [2.75, 3.05) is 0 Å². The molecule has 2 aromatic rings. The van der Waals surface area contributed by atoms with E-state index in [1.807, 2.05) is 6.20 Å². The van der Waals surface area contributed by atoms with E-state index in [-0.39, 0.29) is 0 Å². The molecule has 1 aromatic carbocycles. The van der Waals surface area contributed by atoms with Crippen LogP contribution in [-0.2, 0) is 6.42 Å². The number of benzene rings is 1. The lowest BCUT2D eigenvalue weighted by Crippen LogP contribution is -1.80. The number of nitriles is 1. The Morgan fingerprint density at radius 2 is 2.29 bits per heavy atom.